The molecule has 30 heavy (non-hydrogen) atoms. The van der Waals surface area contributed by atoms with Gasteiger partial charge in [0.25, 0.3) is 11.1 Å². The maximum Gasteiger partial charge on any atom is 0.294 e. The van der Waals surface area contributed by atoms with Crippen molar-refractivity contribution in [1.82, 2.24) is 10.2 Å². The van der Waals surface area contributed by atoms with Crippen molar-refractivity contribution in [2.75, 3.05) is 20.2 Å². The first-order valence-corrected chi connectivity index (χ1v) is 9.86. The van der Waals surface area contributed by atoms with Gasteiger partial charge in [0.15, 0.2) is 11.5 Å². The standard InChI is InChI=1S/C21H20N2O6S/c1-29-17-5-3-2-4-14(17)11-18-20(27)23(21(28)30-18)12-19(26)22-9-8-13-6-7-15(24)16(25)10-13/h2-7,10-11,24-25H,8-9,12H2,1H3,(H,22,26)/b18-11+. The molecule has 1 aliphatic rings. The lowest BCUT2D eigenvalue weighted by Gasteiger charge is -2.12. The van der Waals surface area contributed by atoms with Crippen molar-refractivity contribution >= 4 is 34.9 Å². The van der Waals surface area contributed by atoms with Crippen LogP contribution in [0.4, 0.5) is 4.79 Å². The maximum atomic E-state index is 12.6. The third kappa shape index (κ3) is 4.93. The molecule has 9 heteroatoms. The van der Waals surface area contributed by atoms with E-state index in [2.05, 4.69) is 5.32 Å². The van der Waals surface area contributed by atoms with Crippen molar-refractivity contribution in [2.45, 2.75) is 6.42 Å². The molecule has 1 saturated heterocycles. The molecule has 3 amide bonds. The molecule has 1 aliphatic heterocycles. The van der Waals surface area contributed by atoms with Crippen molar-refractivity contribution in [3.63, 3.8) is 0 Å². The minimum absolute atomic E-state index is 0.219. The maximum absolute atomic E-state index is 12.6. The average molecular weight is 428 g/mol. The number of carbonyl (C=O) groups excluding carboxylic acids is 3. The number of thioether (sulfide) groups is 1. The van der Waals surface area contributed by atoms with Gasteiger partial charge in [-0.2, -0.15) is 0 Å². The monoisotopic (exact) mass is 428 g/mol. The second-order valence-corrected chi connectivity index (χ2v) is 7.43. The molecular formula is C21H20N2O6S. The number of nitrogens with zero attached hydrogens (tertiary/aromatic N) is 1. The van der Waals surface area contributed by atoms with Crippen molar-refractivity contribution in [2.24, 2.45) is 0 Å². The fourth-order valence-electron chi connectivity index (χ4n) is 2.83. The number of hydrogen-bond donors (Lipinski definition) is 3. The first kappa shape index (κ1) is 21.3. The number of carbonyl (C=O) groups is 3. The van der Waals surface area contributed by atoms with E-state index in [-0.39, 0.29) is 29.5 Å². The average Bonchev–Trinajstić information content (AvgIpc) is 2.98. The van der Waals surface area contributed by atoms with Gasteiger partial charge in [-0.15, -0.1) is 0 Å². The van der Waals surface area contributed by atoms with E-state index in [1.165, 1.54) is 19.2 Å². The summed E-state index contributed by atoms with van der Waals surface area (Å²) in [4.78, 5) is 38.1. The number of methoxy groups -OCH3 is 1. The quantitative estimate of drug-likeness (QED) is 0.458. The number of phenolic OH excluding ortho intramolecular Hbond substituents is 2. The summed E-state index contributed by atoms with van der Waals surface area (Å²) >= 11 is 0.773. The molecule has 2 aromatic rings. The van der Waals surface area contributed by atoms with Gasteiger partial charge in [-0.3, -0.25) is 19.3 Å². The molecule has 0 saturated carbocycles. The van der Waals surface area contributed by atoms with E-state index in [4.69, 9.17) is 4.74 Å². The van der Waals surface area contributed by atoms with Crippen LogP contribution in [0.3, 0.4) is 0 Å². The zero-order chi connectivity index (χ0) is 21.7. The van der Waals surface area contributed by atoms with Crippen molar-refractivity contribution in [3.05, 3.63) is 58.5 Å². The van der Waals surface area contributed by atoms with Gasteiger partial charge in [-0.25, -0.2) is 0 Å². The van der Waals surface area contributed by atoms with Gasteiger partial charge in [0.1, 0.15) is 12.3 Å². The van der Waals surface area contributed by atoms with Crippen LogP contribution in [-0.2, 0) is 16.0 Å². The normalized spacial score (nSPS) is 15.0. The summed E-state index contributed by atoms with van der Waals surface area (Å²) in [6.45, 7) is -0.134. The van der Waals surface area contributed by atoms with Gasteiger partial charge in [0.2, 0.25) is 5.91 Å². The van der Waals surface area contributed by atoms with Gasteiger partial charge in [-0.05, 0) is 48.0 Å². The zero-order valence-electron chi connectivity index (χ0n) is 16.1. The summed E-state index contributed by atoms with van der Waals surface area (Å²) in [7, 11) is 1.52. The molecular weight excluding hydrogens is 408 g/mol. The molecule has 8 nitrogen and oxygen atoms in total. The summed E-state index contributed by atoms with van der Waals surface area (Å²) in [6, 6.07) is 11.5. The van der Waals surface area contributed by atoms with Crippen molar-refractivity contribution in [1.29, 1.82) is 0 Å². The largest absolute Gasteiger partial charge is 0.504 e. The fourth-order valence-corrected chi connectivity index (χ4v) is 3.66. The van der Waals surface area contributed by atoms with Gasteiger partial charge >= 0.3 is 0 Å². The van der Waals surface area contributed by atoms with Crippen molar-refractivity contribution < 1.29 is 29.3 Å². The van der Waals surface area contributed by atoms with Crippen LogP contribution >= 0.6 is 11.8 Å². The van der Waals surface area contributed by atoms with E-state index >= 15 is 0 Å². The number of rotatable bonds is 7. The number of benzene rings is 2. The number of imide groups is 1. The second-order valence-electron chi connectivity index (χ2n) is 6.43. The molecule has 0 unspecified atom stereocenters. The molecule has 1 fully saturated rings. The predicted molar refractivity (Wildman–Crippen MR) is 112 cm³/mol. The first-order valence-electron chi connectivity index (χ1n) is 9.05. The topological polar surface area (TPSA) is 116 Å². The van der Waals surface area contributed by atoms with E-state index < -0.39 is 17.1 Å². The SMILES string of the molecule is COc1ccccc1/C=C1/SC(=O)N(CC(=O)NCCc2ccc(O)c(O)c2)C1=O. The number of phenols is 2. The smallest absolute Gasteiger partial charge is 0.294 e. The van der Waals surface area contributed by atoms with E-state index in [9.17, 15) is 24.6 Å². The van der Waals surface area contributed by atoms with Crippen molar-refractivity contribution in [3.8, 4) is 17.2 Å². The number of amides is 3. The summed E-state index contributed by atoms with van der Waals surface area (Å²) in [6.07, 6.45) is 1.98. The van der Waals surface area contributed by atoms with Gasteiger partial charge in [0.05, 0.1) is 12.0 Å². The highest BCUT2D eigenvalue weighted by molar-refractivity contribution is 8.18. The Labute approximate surface area is 177 Å². The molecule has 0 spiro atoms. The number of hydrogen-bond acceptors (Lipinski definition) is 7. The number of nitrogens with one attached hydrogen (secondary N) is 1. The van der Waals surface area contributed by atoms with Gasteiger partial charge < -0.3 is 20.3 Å². The number of para-hydroxylation sites is 1. The van der Waals surface area contributed by atoms with Crippen LogP contribution in [0.15, 0.2) is 47.4 Å². The van der Waals surface area contributed by atoms with Crippen LogP contribution in [0.2, 0.25) is 0 Å². The molecule has 0 aliphatic carbocycles. The third-order valence-electron chi connectivity index (χ3n) is 4.38. The molecule has 0 bridgehead atoms. The van der Waals surface area contributed by atoms with Gasteiger partial charge in [-0.1, -0.05) is 24.3 Å². The minimum atomic E-state index is -0.533. The Kier molecular flexibility index (Phi) is 6.63. The van der Waals surface area contributed by atoms with Crippen LogP contribution in [0.25, 0.3) is 6.08 Å². The van der Waals surface area contributed by atoms with E-state index in [0.29, 0.717) is 17.7 Å². The number of aromatic hydroxyl groups is 2. The van der Waals surface area contributed by atoms with E-state index in [1.807, 2.05) is 0 Å². The third-order valence-corrected chi connectivity index (χ3v) is 5.28. The molecule has 1 heterocycles. The minimum Gasteiger partial charge on any atom is -0.504 e. The molecule has 156 valence electrons. The van der Waals surface area contributed by atoms with Crippen LogP contribution in [0.1, 0.15) is 11.1 Å². The highest BCUT2D eigenvalue weighted by Crippen LogP contribution is 2.33. The Morgan fingerprint density at radius 1 is 1.17 bits per heavy atom. The van der Waals surface area contributed by atoms with E-state index in [0.717, 1.165) is 22.2 Å². The summed E-state index contributed by atoms with van der Waals surface area (Å²) in [5.41, 5.74) is 1.38. The Hall–Kier alpha value is -3.46. The Morgan fingerprint density at radius 2 is 1.93 bits per heavy atom. The first-order chi connectivity index (χ1) is 14.4. The second kappa shape index (κ2) is 9.36. The van der Waals surface area contributed by atoms with Crippen LogP contribution < -0.4 is 10.1 Å². The Bertz CT molecular complexity index is 1020. The number of ether oxygens (including phenoxy) is 1. The highest BCUT2D eigenvalue weighted by Gasteiger charge is 2.36. The van der Waals surface area contributed by atoms with E-state index in [1.54, 1.807) is 36.4 Å². The lowest BCUT2D eigenvalue weighted by molar-refractivity contribution is -0.129. The summed E-state index contributed by atoms with van der Waals surface area (Å²) in [5.74, 6) is -0.891. The lowest BCUT2D eigenvalue weighted by Crippen LogP contribution is -2.40. The van der Waals surface area contributed by atoms with Gasteiger partial charge in [0, 0.05) is 12.1 Å². The molecule has 0 atom stereocenters. The molecule has 0 aromatic heterocycles. The summed E-state index contributed by atoms with van der Waals surface area (Å²) in [5, 5.41) is 20.9. The van der Waals surface area contributed by atoms with Crippen LogP contribution in [0.5, 0.6) is 17.2 Å². The highest BCUT2D eigenvalue weighted by atomic mass is 32.2. The predicted octanol–water partition coefficient (Wildman–Crippen LogP) is 2.50. The summed E-state index contributed by atoms with van der Waals surface area (Å²) < 4.78 is 5.25. The molecule has 3 rings (SSSR count). The van der Waals surface area contributed by atoms with Crippen LogP contribution in [0, 0.1) is 0 Å². The lowest BCUT2D eigenvalue weighted by atomic mass is 10.1. The van der Waals surface area contributed by atoms with Crippen LogP contribution in [-0.4, -0.2) is 52.4 Å². The zero-order valence-corrected chi connectivity index (χ0v) is 16.9. The Balaban J connectivity index is 1.57. The Morgan fingerprint density at radius 3 is 2.67 bits per heavy atom. The molecule has 3 N–H and O–H groups in total. The molecule has 2 aromatic carbocycles. The molecule has 0 radical (unpaired) electrons. The fraction of sp³-hybridized carbons (Fsp3) is 0.190.